The van der Waals surface area contributed by atoms with Crippen molar-refractivity contribution in [2.45, 2.75) is 37.4 Å². The van der Waals surface area contributed by atoms with E-state index in [1.165, 1.54) is 35.3 Å². The molecule has 4 aromatic rings. The van der Waals surface area contributed by atoms with Gasteiger partial charge in [-0.15, -0.1) is 0 Å². The number of nitrogens with one attached hydrogen (secondary N) is 1. The lowest BCUT2D eigenvalue weighted by Gasteiger charge is -2.17. The first-order chi connectivity index (χ1) is 17.3. The van der Waals surface area contributed by atoms with Gasteiger partial charge in [0.05, 0.1) is 22.5 Å². The molecule has 9 nitrogen and oxygen atoms in total. The number of hydrogen-bond acceptors (Lipinski definition) is 6. The lowest BCUT2D eigenvalue weighted by Crippen LogP contribution is -2.42. The number of halogens is 4. The number of alkyl halides is 3. The topological polar surface area (TPSA) is 133 Å². The minimum atomic E-state index is -4.79. The fraction of sp³-hybridized carbons (Fsp3) is 0.217. The van der Waals surface area contributed by atoms with Gasteiger partial charge in [0.15, 0.2) is 0 Å². The van der Waals surface area contributed by atoms with Crippen molar-refractivity contribution in [2.24, 2.45) is 5.73 Å². The van der Waals surface area contributed by atoms with Crippen molar-refractivity contribution in [1.29, 1.82) is 0 Å². The van der Waals surface area contributed by atoms with Gasteiger partial charge < -0.3 is 5.73 Å². The minimum absolute atomic E-state index is 0.0462. The second-order valence-corrected chi connectivity index (χ2v) is 9.78. The summed E-state index contributed by atoms with van der Waals surface area (Å²) in [7, 11) is -4.57. The van der Waals surface area contributed by atoms with Gasteiger partial charge in [-0.05, 0) is 49.2 Å². The van der Waals surface area contributed by atoms with Crippen molar-refractivity contribution in [2.75, 3.05) is 0 Å². The maximum absolute atomic E-state index is 14.7. The molecule has 4 rings (SSSR count). The van der Waals surface area contributed by atoms with Crippen LogP contribution in [-0.2, 0) is 16.4 Å². The van der Waals surface area contributed by atoms with Crippen molar-refractivity contribution in [3.8, 4) is 17.2 Å². The molecule has 0 saturated heterocycles. The summed E-state index contributed by atoms with van der Waals surface area (Å²) in [6.07, 6.45) is -0.877. The number of aryl methyl sites for hydroxylation is 1. The normalized spacial score (nSPS) is 13.1. The highest BCUT2D eigenvalue weighted by atomic mass is 32.2. The molecule has 3 heterocycles. The zero-order valence-electron chi connectivity index (χ0n) is 19.4. The Balaban J connectivity index is 1.95. The summed E-state index contributed by atoms with van der Waals surface area (Å²) in [5, 5.41) is 0.176. The molecule has 0 unspecified atom stereocenters. The summed E-state index contributed by atoms with van der Waals surface area (Å²) in [5.74, 6) is -1.17. The van der Waals surface area contributed by atoms with E-state index in [2.05, 4.69) is 15.0 Å². The molecule has 1 amide bonds. The number of nitrogens with two attached hydrogens (primary N) is 1. The van der Waals surface area contributed by atoms with Crippen LogP contribution in [0.4, 0.5) is 17.6 Å². The van der Waals surface area contributed by atoms with Gasteiger partial charge in [-0.3, -0.25) is 14.3 Å². The van der Waals surface area contributed by atoms with E-state index in [0.717, 1.165) is 12.3 Å². The van der Waals surface area contributed by atoms with Gasteiger partial charge in [-0.25, -0.2) is 22.8 Å². The summed E-state index contributed by atoms with van der Waals surface area (Å²) in [6.45, 7) is 2.43. The number of carbonyl (C=O) groups is 1. The zero-order valence-corrected chi connectivity index (χ0v) is 20.2. The van der Waals surface area contributed by atoms with Crippen LogP contribution in [0.5, 0.6) is 0 Å². The molecule has 1 aromatic carbocycles. The van der Waals surface area contributed by atoms with E-state index in [-0.39, 0.29) is 28.2 Å². The smallest absolute Gasteiger partial charge is 0.366 e. The van der Waals surface area contributed by atoms with E-state index >= 15 is 0 Å². The molecule has 3 N–H and O–H groups in total. The van der Waals surface area contributed by atoms with Crippen LogP contribution in [0.15, 0.2) is 53.9 Å². The fourth-order valence-corrected chi connectivity index (χ4v) is 4.99. The van der Waals surface area contributed by atoms with E-state index < -0.39 is 38.9 Å². The highest BCUT2D eigenvalue weighted by molar-refractivity contribution is 7.89. The molecular weight excluding hydrogens is 516 g/mol. The van der Waals surface area contributed by atoms with Crippen LogP contribution >= 0.6 is 0 Å². The van der Waals surface area contributed by atoms with Gasteiger partial charge in [0.1, 0.15) is 28.9 Å². The second-order valence-electron chi connectivity index (χ2n) is 8.07. The number of fused-ring (bicyclic) bond motifs is 1. The number of pyridine rings is 1. The molecular formula is C23H20F4N6O3S. The molecule has 1 atom stereocenters. The van der Waals surface area contributed by atoms with Crippen molar-refractivity contribution in [1.82, 2.24) is 24.2 Å². The van der Waals surface area contributed by atoms with Gasteiger partial charge in [0.25, 0.3) is 5.91 Å². The van der Waals surface area contributed by atoms with Gasteiger partial charge in [-0.2, -0.15) is 17.9 Å². The quantitative estimate of drug-likeness (QED) is 0.348. The molecule has 0 aliphatic rings. The van der Waals surface area contributed by atoms with Crippen molar-refractivity contribution < 1.29 is 30.8 Å². The molecule has 194 valence electrons. The van der Waals surface area contributed by atoms with E-state index in [1.807, 2.05) is 0 Å². The van der Waals surface area contributed by atoms with E-state index in [0.29, 0.717) is 24.4 Å². The lowest BCUT2D eigenvalue weighted by molar-refractivity contribution is -0.147. The molecule has 37 heavy (non-hydrogen) atoms. The van der Waals surface area contributed by atoms with Crippen LogP contribution in [-0.4, -0.2) is 46.1 Å². The predicted molar refractivity (Wildman–Crippen MR) is 126 cm³/mol. The molecule has 3 aromatic heterocycles. The number of amides is 1. The Hall–Kier alpha value is -3.91. The monoisotopic (exact) mass is 536 g/mol. The van der Waals surface area contributed by atoms with Crippen molar-refractivity contribution in [3.05, 3.63) is 66.0 Å². The predicted octanol–water partition coefficient (Wildman–Crippen LogP) is 3.51. The molecule has 0 fully saturated rings. The van der Waals surface area contributed by atoms with Crippen LogP contribution in [0.2, 0.25) is 0 Å². The molecule has 0 saturated carbocycles. The highest BCUT2D eigenvalue weighted by Gasteiger charge is 2.39. The third kappa shape index (κ3) is 4.89. The minimum Gasteiger partial charge on any atom is -0.366 e. The number of rotatable bonds is 7. The van der Waals surface area contributed by atoms with Crippen LogP contribution < -0.4 is 10.5 Å². The Morgan fingerprint density at radius 3 is 2.46 bits per heavy atom. The average Bonchev–Trinajstić information content (AvgIpc) is 3.17. The SMILES string of the molecule is CCc1cc2c(cc1F)c(C(N)=O)c(-c1ccc(S(=O)(=O)N[C@@H](C)C(F)(F)F)cn1)n2-c1ccncn1. The van der Waals surface area contributed by atoms with Crippen molar-refractivity contribution >= 4 is 26.8 Å². The van der Waals surface area contributed by atoms with Crippen LogP contribution in [0.25, 0.3) is 28.1 Å². The van der Waals surface area contributed by atoms with Crippen LogP contribution in [0.1, 0.15) is 29.8 Å². The Bertz CT molecular complexity index is 1590. The number of benzene rings is 1. The summed E-state index contributed by atoms with van der Waals surface area (Å²) in [6, 6.07) is 4.17. The third-order valence-corrected chi connectivity index (χ3v) is 7.20. The summed E-state index contributed by atoms with van der Waals surface area (Å²) < 4.78 is 81.3. The van der Waals surface area contributed by atoms with Gasteiger partial charge >= 0.3 is 6.18 Å². The Kier molecular flexibility index (Phi) is 6.73. The summed E-state index contributed by atoms with van der Waals surface area (Å²) >= 11 is 0. The number of sulfonamides is 1. The average molecular weight is 537 g/mol. The van der Waals surface area contributed by atoms with Gasteiger partial charge in [-0.1, -0.05) is 6.92 Å². The van der Waals surface area contributed by atoms with E-state index in [4.69, 9.17) is 5.73 Å². The van der Waals surface area contributed by atoms with Crippen LogP contribution in [0, 0.1) is 5.82 Å². The Morgan fingerprint density at radius 2 is 1.92 bits per heavy atom. The summed E-state index contributed by atoms with van der Waals surface area (Å²) in [4.78, 5) is 24.2. The Labute approximate surface area is 208 Å². The van der Waals surface area contributed by atoms with Crippen LogP contribution in [0.3, 0.4) is 0 Å². The fourth-order valence-electron chi connectivity index (χ4n) is 3.81. The second kappa shape index (κ2) is 9.52. The van der Waals surface area contributed by atoms with Gasteiger partial charge in [0.2, 0.25) is 10.0 Å². The molecule has 0 bridgehead atoms. The highest BCUT2D eigenvalue weighted by Crippen LogP contribution is 2.36. The van der Waals surface area contributed by atoms with E-state index in [1.54, 1.807) is 17.7 Å². The standard InChI is InChI=1S/C23H20F4N6O3S/c1-3-13-8-18-15(9-16(13)24)20(22(28)34)21(33(18)19-6-7-29-11-31-19)17-5-4-14(10-30-17)37(35,36)32-12(2)23(25,26)27/h4-12,32H,3H2,1-2H3,(H2,28,34)/t12-/m0/s1. The molecule has 0 spiro atoms. The maximum Gasteiger partial charge on any atom is 0.404 e. The number of hydrogen-bond donors (Lipinski definition) is 2. The van der Waals surface area contributed by atoms with Crippen molar-refractivity contribution in [3.63, 3.8) is 0 Å². The first kappa shape index (κ1) is 26.2. The largest absolute Gasteiger partial charge is 0.404 e. The maximum atomic E-state index is 14.7. The first-order valence-corrected chi connectivity index (χ1v) is 12.3. The number of nitrogens with zero attached hydrogens (tertiary/aromatic N) is 4. The molecule has 0 radical (unpaired) electrons. The molecule has 0 aliphatic heterocycles. The third-order valence-electron chi connectivity index (χ3n) is 5.67. The zero-order chi connectivity index (χ0) is 27.1. The Morgan fingerprint density at radius 1 is 1.19 bits per heavy atom. The summed E-state index contributed by atoms with van der Waals surface area (Å²) in [5.41, 5.74) is 6.47. The first-order valence-electron chi connectivity index (χ1n) is 10.8. The molecule has 0 aliphatic carbocycles. The molecule has 14 heteroatoms. The number of carbonyl (C=O) groups excluding carboxylic acids is 1. The van der Waals surface area contributed by atoms with Gasteiger partial charge in [0, 0.05) is 17.8 Å². The number of aromatic nitrogens is 4. The van der Waals surface area contributed by atoms with E-state index in [9.17, 15) is 30.8 Å². The lowest BCUT2D eigenvalue weighted by atomic mass is 10.0. The number of primary amides is 1.